The Kier molecular flexibility index (Phi) is 5.86. The van der Waals surface area contributed by atoms with Crippen LogP contribution in [0.3, 0.4) is 0 Å². The maximum Gasteiger partial charge on any atom is 0.221 e. The molecule has 0 aliphatic carbocycles. The van der Waals surface area contributed by atoms with Crippen molar-refractivity contribution < 1.29 is 4.79 Å². The van der Waals surface area contributed by atoms with E-state index in [1.54, 1.807) is 0 Å². The van der Waals surface area contributed by atoms with Gasteiger partial charge in [-0.25, -0.2) is 0 Å². The van der Waals surface area contributed by atoms with Crippen molar-refractivity contribution in [1.82, 2.24) is 5.32 Å². The second kappa shape index (κ2) is 7.17. The van der Waals surface area contributed by atoms with Gasteiger partial charge in [0, 0.05) is 19.0 Å². The molecule has 1 aromatic carbocycles. The van der Waals surface area contributed by atoms with Gasteiger partial charge in [0.1, 0.15) is 0 Å². The van der Waals surface area contributed by atoms with Crippen molar-refractivity contribution in [2.75, 3.05) is 0 Å². The fraction of sp³-hybridized carbons (Fsp3) is 0.533. The first-order valence-corrected chi connectivity index (χ1v) is 6.63. The van der Waals surface area contributed by atoms with Crippen LogP contribution in [0.4, 0.5) is 0 Å². The summed E-state index contributed by atoms with van der Waals surface area (Å²) in [6.45, 7) is 6.76. The highest BCUT2D eigenvalue weighted by Gasteiger charge is 2.12. The van der Waals surface area contributed by atoms with Gasteiger partial charge in [0.2, 0.25) is 5.91 Å². The third-order valence-corrected chi connectivity index (χ3v) is 3.20. The van der Waals surface area contributed by atoms with E-state index in [9.17, 15) is 4.79 Å². The van der Waals surface area contributed by atoms with Gasteiger partial charge in [-0.2, -0.15) is 0 Å². The molecule has 3 heteroatoms. The fourth-order valence-electron chi connectivity index (χ4n) is 1.62. The van der Waals surface area contributed by atoms with Crippen LogP contribution in [0.25, 0.3) is 0 Å². The monoisotopic (exact) mass is 248 g/mol. The third kappa shape index (κ3) is 4.88. The van der Waals surface area contributed by atoms with E-state index in [2.05, 4.69) is 36.5 Å². The van der Waals surface area contributed by atoms with Crippen molar-refractivity contribution in [3.05, 3.63) is 35.4 Å². The van der Waals surface area contributed by atoms with E-state index in [0.717, 1.165) is 12.0 Å². The van der Waals surface area contributed by atoms with Gasteiger partial charge in [-0.15, -0.1) is 0 Å². The van der Waals surface area contributed by atoms with Gasteiger partial charge in [0.15, 0.2) is 0 Å². The summed E-state index contributed by atoms with van der Waals surface area (Å²) < 4.78 is 0. The molecule has 0 aliphatic rings. The van der Waals surface area contributed by atoms with Gasteiger partial charge in [0.05, 0.1) is 0 Å². The molecule has 1 rings (SSSR count). The van der Waals surface area contributed by atoms with Crippen molar-refractivity contribution in [3.8, 4) is 0 Å². The van der Waals surface area contributed by atoms with Crippen LogP contribution in [-0.2, 0) is 17.8 Å². The summed E-state index contributed by atoms with van der Waals surface area (Å²) >= 11 is 0. The topological polar surface area (TPSA) is 55.1 Å². The number of aryl methyl sites for hydroxylation is 1. The van der Waals surface area contributed by atoms with Crippen molar-refractivity contribution in [3.63, 3.8) is 0 Å². The molecule has 0 aliphatic heterocycles. The first-order valence-electron chi connectivity index (χ1n) is 6.63. The molecule has 1 aromatic rings. The minimum atomic E-state index is -0.0625. The Hall–Kier alpha value is -1.35. The zero-order chi connectivity index (χ0) is 13.5. The summed E-state index contributed by atoms with van der Waals surface area (Å²) in [4.78, 5) is 11.7. The van der Waals surface area contributed by atoms with Gasteiger partial charge in [0.25, 0.3) is 0 Å². The molecule has 0 radical (unpaired) electrons. The second-order valence-corrected chi connectivity index (χ2v) is 5.06. The van der Waals surface area contributed by atoms with Crippen LogP contribution in [0.2, 0.25) is 0 Å². The number of carbonyl (C=O) groups is 1. The highest BCUT2D eigenvalue weighted by Crippen LogP contribution is 2.06. The lowest BCUT2D eigenvalue weighted by molar-refractivity contribution is -0.121. The summed E-state index contributed by atoms with van der Waals surface area (Å²) in [6, 6.07) is 8.25. The molecule has 0 saturated heterocycles. The second-order valence-electron chi connectivity index (χ2n) is 5.06. The van der Waals surface area contributed by atoms with Crippen LogP contribution < -0.4 is 11.1 Å². The number of hydrogen-bond acceptors (Lipinski definition) is 2. The van der Waals surface area contributed by atoms with Crippen LogP contribution in [0.15, 0.2) is 24.3 Å². The Balaban J connectivity index is 2.37. The summed E-state index contributed by atoms with van der Waals surface area (Å²) in [6.07, 6.45) is 1.43. The predicted molar refractivity (Wildman–Crippen MR) is 75.1 cm³/mol. The Morgan fingerprint density at radius 3 is 2.28 bits per heavy atom. The lowest BCUT2D eigenvalue weighted by atomic mass is 10.0. The molecule has 100 valence electrons. The number of hydrogen-bond donors (Lipinski definition) is 2. The molecule has 0 aromatic heterocycles. The van der Waals surface area contributed by atoms with E-state index in [1.165, 1.54) is 5.56 Å². The van der Waals surface area contributed by atoms with E-state index in [1.807, 2.05) is 13.8 Å². The van der Waals surface area contributed by atoms with Gasteiger partial charge in [-0.05, 0) is 23.5 Å². The molecule has 1 amide bonds. The quantitative estimate of drug-likeness (QED) is 0.811. The maximum atomic E-state index is 11.7. The van der Waals surface area contributed by atoms with Crippen molar-refractivity contribution in [2.24, 2.45) is 11.7 Å². The van der Waals surface area contributed by atoms with Crippen LogP contribution in [0.1, 0.15) is 38.3 Å². The largest absolute Gasteiger partial charge is 0.352 e. The van der Waals surface area contributed by atoms with E-state index in [4.69, 9.17) is 5.73 Å². The number of benzene rings is 1. The molecule has 18 heavy (non-hydrogen) atoms. The SMILES string of the molecule is CCc1ccc(CNC(=O)CC(N)C(C)C)cc1. The molecule has 3 nitrogen and oxygen atoms in total. The minimum Gasteiger partial charge on any atom is -0.352 e. The maximum absolute atomic E-state index is 11.7. The van der Waals surface area contributed by atoms with Crippen molar-refractivity contribution >= 4 is 5.91 Å². The van der Waals surface area contributed by atoms with Crippen LogP contribution in [-0.4, -0.2) is 11.9 Å². The molecule has 3 N–H and O–H groups in total. The summed E-state index contributed by atoms with van der Waals surface area (Å²) in [5.41, 5.74) is 8.30. The Morgan fingerprint density at radius 2 is 1.78 bits per heavy atom. The molecule has 1 atom stereocenters. The smallest absolute Gasteiger partial charge is 0.221 e. The molecule has 0 spiro atoms. The summed E-state index contributed by atoms with van der Waals surface area (Å²) in [5, 5.41) is 2.90. The van der Waals surface area contributed by atoms with Gasteiger partial charge >= 0.3 is 0 Å². The molecular formula is C15H24N2O. The number of nitrogens with two attached hydrogens (primary N) is 1. The highest BCUT2D eigenvalue weighted by molar-refractivity contribution is 5.76. The molecule has 0 bridgehead atoms. The Morgan fingerprint density at radius 1 is 1.22 bits per heavy atom. The van der Waals surface area contributed by atoms with Crippen LogP contribution in [0, 0.1) is 5.92 Å². The van der Waals surface area contributed by atoms with Crippen molar-refractivity contribution in [2.45, 2.75) is 46.2 Å². The average Bonchev–Trinajstić information content (AvgIpc) is 2.36. The zero-order valence-corrected chi connectivity index (χ0v) is 11.6. The van der Waals surface area contributed by atoms with Crippen molar-refractivity contribution in [1.29, 1.82) is 0 Å². The summed E-state index contributed by atoms with van der Waals surface area (Å²) in [5.74, 6) is 0.357. The van der Waals surface area contributed by atoms with Gasteiger partial charge < -0.3 is 11.1 Å². The normalized spacial score (nSPS) is 12.5. The average molecular weight is 248 g/mol. The Labute approximate surface area is 110 Å². The van der Waals surface area contributed by atoms with E-state index in [0.29, 0.717) is 18.9 Å². The molecule has 1 unspecified atom stereocenters. The number of nitrogens with one attached hydrogen (secondary N) is 1. The third-order valence-electron chi connectivity index (χ3n) is 3.20. The number of amides is 1. The Bertz CT molecular complexity index is 371. The fourth-order valence-corrected chi connectivity index (χ4v) is 1.62. The zero-order valence-electron chi connectivity index (χ0n) is 11.6. The van der Waals surface area contributed by atoms with E-state index < -0.39 is 0 Å². The summed E-state index contributed by atoms with van der Waals surface area (Å²) in [7, 11) is 0. The predicted octanol–water partition coefficient (Wildman–Crippen LogP) is 2.24. The number of carbonyl (C=O) groups excluding carboxylic acids is 1. The lowest BCUT2D eigenvalue weighted by Gasteiger charge is -2.15. The first-order chi connectivity index (χ1) is 8.52. The molecule has 0 fully saturated rings. The van der Waals surface area contributed by atoms with E-state index >= 15 is 0 Å². The molecular weight excluding hydrogens is 224 g/mol. The molecule has 0 heterocycles. The highest BCUT2D eigenvalue weighted by atomic mass is 16.1. The standard InChI is InChI=1S/C15H24N2O/c1-4-12-5-7-13(8-6-12)10-17-15(18)9-14(16)11(2)3/h5-8,11,14H,4,9-10,16H2,1-3H3,(H,17,18). The lowest BCUT2D eigenvalue weighted by Crippen LogP contribution is -2.34. The van der Waals surface area contributed by atoms with E-state index in [-0.39, 0.29) is 11.9 Å². The van der Waals surface area contributed by atoms with Crippen LogP contribution in [0.5, 0.6) is 0 Å². The first kappa shape index (κ1) is 14.7. The molecule has 0 saturated carbocycles. The number of rotatable bonds is 6. The van der Waals surface area contributed by atoms with Gasteiger partial charge in [-0.3, -0.25) is 4.79 Å². The minimum absolute atomic E-state index is 0.0239. The van der Waals surface area contributed by atoms with Gasteiger partial charge in [-0.1, -0.05) is 45.0 Å². The van der Waals surface area contributed by atoms with Crippen LogP contribution >= 0.6 is 0 Å².